The molecule has 35 heavy (non-hydrogen) atoms. The van der Waals surface area contributed by atoms with Gasteiger partial charge in [0.1, 0.15) is 17.0 Å². The zero-order valence-electron chi connectivity index (χ0n) is 23.3. The second-order valence-corrected chi connectivity index (χ2v) is 9.48. The van der Waals surface area contributed by atoms with E-state index in [1.165, 1.54) is 0 Å². The Hall–Kier alpha value is -2.53. The van der Waals surface area contributed by atoms with E-state index in [-0.39, 0.29) is 42.2 Å². The van der Waals surface area contributed by atoms with Crippen molar-refractivity contribution >= 4 is 30.6 Å². The van der Waals surface area contributed by atoms with Crippen molar-refractivity contribution < 1.29 is 43.7 Å². The average molecular weight is 511 g/mol. The lowest BCUT2D eigenvalue weighted by Gasteiger charge is -2.19. The largest absolute Gasteiger partial charge is 0.481 e. The maximum absolute atomic E-state index is 11.3. The first-order valence-electron chi connectivity index (χ1n) is 11.3. The van der Waals surface area contributed by atoms with Crippen LogP contribution in [0, 0.1) is 5.92 Å². The third-order valence-corrected chi connectivity index (χ3v) is 2.89. The molecule has 0 saturated carbocycles. The molecule has 6 N–H and O–H groups in total. The lowest BCUT2D eigenvalue weighted by atomic mass is 10.0. The highest BCUT2D eigenvalue weighted by atomic mass is 16.6. The van der Waals surface area contributed by atoms with Gasteiger partial charge in [-0.2, -0.15) is 0 Å². The summed E-state index contributed by atoms with van der Waals surface area (Å²) in [5.41, 5.74) is 8.43. The third-order valence-electron chi connectivity index (χ3n) is 2.89. The predicted molar refractivity (Wildman–Crippen MR) is 135 cm³/mol. The zero-order chi connectivity index (χ0) is 29.3. The molecule has 1 unspecified atom stereocenters. The quantitative estimate of drug-likeness (QED) is 0.278. The van der Waals surface area contributed by atoms with Crippen molar-refractivity contribution in [3.8, 4) is 0 Å². The van der Waals surface area contributed by atoms with Gasteiger partial charge in [-0.05, 0) is 81.7 Å². The van der Waals surface area contributed by atoms with Crippen molar-refractivity contribution in [2.45, 2.75) is 112 Å². The SMILES string of the molecule is CC(=O)C(C)CCC(=O)OC(C)(C)C.CC(C)(C)OC=O.CC(C)O.NC=O.NCCCC(=O)O. The van der Waals surface area contributed by atoms with Crippen LogP contribution in [-0.4, -0.2) is 64.7 Å². The molecule has 0 aliphatic carbocycles. The van der Waals surface area contributed by atoms with E-state index in [4.69, 9.17) is 25.5 Å². The molecule has 0 bridgehead atoms. The number of hydrogen-bond acceptors (Lipinski definition) is 9. The summed E-state index contributed by atoms with van der Waals surface area (Å²) < 4.78 is 9.67. The average Bonchev–Trinajstić information content (AvgIpc) is 2.63. The van der Waals surface area contributed by atoms with Crippen molar-refractivity contribution in [2.24, 2.45) is 17.4 Å². The summed E-state index contributed by atoms with van der Waals surface area (Å²) >= 11 is 0. The number of hydrogen-bond donors (Lipinski definition) is 4. The number of aliphatic hydroxyl groups excluding tert-OH is 1. The summed E-state index contributed by atoms with van der Waals surface area (Å²) in [6.45, 7) is 18.7. The van der Waals surface area contributed by atoms with Crippen LogP contribution in [0.3, 0.4) is 0 Å². The lowest BCUT2D eigenvalue weighted by molar-refractivity contribution is -0.155. The molecule has 0 aromatic heterocycles. The monoisotopic (exact) mass is 510 g/mol. The maximum Gasteiger partial charge on any atom is 0.306 e. The number of aliphatic carboxylic acids is 1. The first-order valence-corrected chi connectivity index (χ1v) is 11.3. The molecule has 0 spiro atoms. The van der Waals surface area contributed by atoms with E-state index >= 15 is 0 Å². The van der Waals surface area contributed by atoms with E-state index in [2.05, 4.69) is 10.5 Å². The molecule has 1 amide bonds. The van der Waals surface area contributed by atoms with Gasteiger partial charge >= 0.3 is 11.9 Å². The van der Waals surface area contributed by atoms with Gasteiger partial charge in [0, 0.05) is 24.9 Å². The van der Waals surface area contributed by atoms with Crippen LogP contribution in [0.4, 0.5) is 0 Å². The number of nitrogens with two attached hydrogens (primary N) is 2. The highest BCUT2D eigenvalue weighted by Gasteiger charge is 2.17. The topological polar surface area (TPSA) is 196 Å². The van der Waals surface area contributed by atoms with E-state index in [1.807, 2.05) is 48.5 Å². The lowest BCUT2D eigenvalue weighted by Crippen LogP contribution is -2.24. The Balaban J connectivity index is -0.000000121. The highest BCUT2D eigenvalue weighted by Crippen LogP contribution is 2.12. The van der Waals surface area contributed by atoms with E-state index in [1.54, 1.807) is 20.8 Å². The van der Waals surface area contributed by atoms with Crippen LogP contribution in [0.1, 0.15) is 94.9 Å². The molecule has 11 heteroatoms. The fourth-order valence-electron chi connectivity index (χ4n) is 1.33. The van der Waals surface area contributed by atoms with Gasteiger partial charge in [0.05, 0.1) is 0 Å². The van der Waals surface area contributed by atoms with Gasteiger partial charge < -0.3 is 31.2 Å². The number of amides is 1. The standard InChI is InChI=1S/C11H20O3.C5H10O2.C4H9NO2.C3H8O.CH3NO/c1-8(9(2)12)6-7-10(13)14-11(3,4)5;1-5(2,3)7-4-6;5-3-1-2-4(6)7;1-3(2)4;2-1-3/h8H,6-7H2,1-5H3;4H,1-3H3;1-3,5H2,(H,6,7);3-4H,1-2H3;1H,(H2,2,3). The summed E-state index contributed by atoms with van der Waals surface area (Å²) in [6, 6.07) is 0. The number of esters is 1. The Morgan fingerprint density at radius 1 is 0.943 bits per heavy atom. The molecule has 0 radical (unpaired) electrons. The summed E-state index contributed by atoms with van der Waals surface area (Å²) in [6.07, 6.45) is 1.74. The van der Waals surface area contributed by atoms with Gasteiger partial charge in [-0.25, -0.2) is 0 Å². The minimum absolute atomic E-state index is 0.0532. The summed E-state index contributed by atoms with van der Waals surface area (Å²) in [5.74, 6) is -0.938. The second kappa shape index (κ2) is 26.1. The summed E-state index contributed by atoms with van der Waals surface area (Å²) in [7, 11) is 0. The number of primary amides is 1. The van der Waals surface area contributed by atoms with Crippen molar-refractivity contribution in [3.05, 3.63) is 0 Å². The first-order chi connectivity index (χ1) is 15.7. The van der Waals surface area contributed by atoms with Crippen LogP contribution in [0.5, 0.6) is 0 Å². The van der Waals surface area contributed by atoms with Crippen LogP contribution < -0.4 is 11.5 Å². The Bertz CT molecular complexity index is 549. The van der Waals surface area contributed by atoms with Crippen LogP contribution in [0.15, 0.2) is 0 Å². The number of carboxylic acid groups (broad SMARTS) is 1. The van der Waals surface area contributed by atoms with E-state index in [0.717, 1.165) is 0 Å². The molecule has 0 saturated heterocycles. The van der Waals surface area contributed by atoms with Crippen LogP contribution in [0.2, 0.25) is 0 Å². The van der Waals surface area contributed by atoms with E-state index < -0.39 is 11.6 Å². The molecule has 0 heterocycles. The molecule has 0 rings (SSSR count). The highest BCUT2D eigenvalue weighted by molar-refractivity contribution is 5.78. The minimum Gasteiger partial charge on any atom is -0.481 e. The van der Waals surface area contributed by atoms with Gasteiger partial charge in [0.2, 0.25) is 6.41 Å². The number of Topliss-reactive ketones (excluding diaryl/α,β-unsaturated/α-hetero) is 1. The van der Waals surface area contributed by atoms with Gasteiger partial charge in [-0.1, -0.05) is 6.92 Å². The molecule has 1 atom stereocenters. The Labute approximate surface area is 210 Å². The molecule has 0 aromatic carbocycles. The summed E-state index contributed by atoms with van der Waals surface area (Å²) in [5, 5.41) is 16.0. The Kier molecular flexibility index (Phi) is 31.8. The van der Waals surface area contributed by atoms with Crippen molar-refractivity contribution in [1.29, 1.82) is 0 Å². The van der Waals surface area contributed by atoms with Gasteiger partial charge in [0.25, 0.3) is 6.47 Å². The normalized spacial score (nSPS) is 10.7. The predicted octanol–water partition coefficient (Wildman–Crippen LogP) is 2.59. The van der Waals surface area contributed by atoms with E-state index in [0.29, 0.717) is 32.3 Å². The first kappa shape index (κ1) is 42.6. The fraction of sp³-hybridized carbons (Fsp3) is 0.792. The minimum atomic E-state index is -0.773. The molecule has 210 valence electrons. The number of ether oxygens (including phenoxy) is 2. The van der Waals surface area contributed by atoms with Crippen LogP contribution in [0.25, 0.3) is 0 Å². The van der Waals surface area contributed by atoms with Crippen molar-refractivity contribution in [2.75, 3.05) is 6.54 Å². The van der Waals surface area contributed by atoms with Crippen molar-refractivity contribution in [3.63, 3.8) is 0 Å². The van der Waals surface area contributed by atoms with Crippen LogP contribution >= 0.6 is 0 Å². The number of carbonyl (C=O) groups is 5. The maximum atomic E-state index is 11.3. The number of ketones is 1. The number of carbonyl (C=O) groups excluding carboxylic acids is 4. The number of rotatable bonds is 8. The molecule has 0 aromatic rings. The van der Waals surface area contributed by atoms with E-state index in [9.17, 15) is 19.2 Å². The number of carboxylic acids is 1. The smallest absolute Gasteiger partial charge is 0.306 e. The van der Waals surface area contributed by atoms with Gasteiger partial charge in [0.15, 0.2) is 0 Å². The van der Waals surface area contributed by atoms with Crippen LogP contribution in [-0.2, 0) is 33.4 Å². The number of aliphatic hydroxyl groups is 1. The molecule has 11 nitrogen and oxygen atoms in total. The summed E-state index contributed by atoms with van der Waals surface area (Å²) in [4.78, 5) is 50.0. The Morgan fingerprint density at radius 2 is 1.34 bits per heavy atom. The van der Waals surface area contributed by atoms with Gasteiger partial charge in [-0.3, -0.25) is 24.0 Å². The van der Waals surface area contributed by atoms with Gasteiger partial charge in [-0.15, -0.1) is 0 Å². The molecule has 0 aliphatic heterocycles. The molecule has 0 fully saturated rings. The second-order valence-electron chi connectivity index (χ2n) is 9.48. The molecular formula is C24H50N2O9. The Morgan fingerprint density at radius 3 is 1.51 bits per heavy atom. The molecule has 0 aliphatic rings. The fourth-order valence-corrected chi connectivity index (χ4v) is 1.33. The van der Waals surface area contributed by atoms with Crippen molar-refractivity contribution in [1.82, 2.24) is 0 Å². The zero-order valence-corrected chi connectivity index (χ0v) is 23.3. The third kappa shape index (κ3) is 72.1. The molecular weight excluding hydrogens is 460 g/mol.